The fourth-order valence-electron chi connectivity index (χ4n) is 3.77. The third-order valence-corrected chi connectivity index (χ3v) is 4.93. The van der Waals surface area contributed by atoms with Gasteiger partial charge in [-0.1, -0.05) is 0 Å². The van der Waals surface area contributed by atoms with Crippen LogP contribution in [0.1, 0.15) is 52.5 Å². The molecule has 1 aliphatic rings. The highest BCUT2D eigenvalue weighted by Gasteiger charge is 2.29. The van der Waals surface area contributed by atoms with Crippen LogP contribution < -0.4 is 0 Å². The summed E-state index contributed by atoms with van der Waals surface area (Å²) in [6, 6.07) is 2.29. The topological polar surface area (TPSA) is 73.0 Å². The van der Waals surface area contributed by atoms with Gasteiger partial charge in [0.1, 0.15) is 6.54 Å². The molecule has 0 aliphatic carbocycles. The van der Waals surface area contributed by atoms with E-state index in [1.807, 2.05) is 30.4 Å². The molecule has 1 aliphatic heterocycles. The maximum absolute atomic E-state index is 12.7. The first-order valence-corrected chi connectivity index (χ1v) is 8.63. The number of aromatic nitrogens is 4. The van der Waals surface area contributed by atoms with Gasteiger partial charge in [-0.05, 0) is 47.1 Å². The molecule has 1 fully saturated rings. The number of likely N-dealkylation sites (tertiary alicyclic amines) is 1. The van der Waals surface area contributed by atoms with E-state index in [-0.39, 0.29) is 24.3 Å². The first-order chi connectivity index (χ1) is 11.8. The van der Waals surface area contributed by atoms with Crippen molar-refractivity contribution in [1.82, 2.24) is 24.5 Å². The van der Waals surface area contributed by atoms with Crippen LogP contribution in [0.15, 0.2) is 6.07 Å². The van der Waals surface area contributed by atoms with Crippen LogP contribution in [-0.2, 0) is 11.3 Å². The first kappa shape index (κ1) is 17.4. The highest BCUT2D eigenvalue weighted by atomic mass is 16.2. The molecule has 0 aromatic carbocycles. The SMILES string of the molecule is CC(=O)c1c(C)nn(CC(=O)N2CCC(n3nc(C)cc3C)C2)c1C. The van der Waals surface area contributed by atoms with Gasteiger partial charge in [-0.25, -0.2) is 0 Å². The normalized spacial score (nSPS) is 17.3. The summed E-state index contributed by atoms with van der Waals surface area (Å²) in [7, 11) is 0. The molecule has 0 N–H and O–H groups in total. The molecule has 0 saturated carbocycles. The zero-order valence-electron chi connectivity index (χ0n) is 15.5. The molecule has 1 unspecified atom stereocenters. The minimum atomic E-state index is -0.0144. The van der Waals surface area contributed by atoms with Crippen LogP contribution in [0.4, 0.5) is 0 Å². The van der Waals surface area contributed by atoms with E-state index < -0.39 is 0 Å². The number of hydrogen-bond donors (Lipinski definition) is 0. The van der Waals surface area contributed by atoms with Gasteiger partial charge in [0.05, 0.1) is 23.0 Å². The van der Waals surface area contributed by atoms with Gasteiger partial charge >= 0.3 is 0 Å². The van der Waals surface area contributed by atoms with Crippen LogP contribution in [0.3, 0.4) is 0 Å². The Balaban J connectivity index is 1.70. The molecular weight excluding hydrogens is 318 g/mol. The van der Waals surface area contributed by atoms with E-state index in [1.165, 1.54) is 6.92 Å². The van der Waals surface area contributed by atoms with Crippen LogP contribution in [-0.4, -0.2) is 49.2 Å². The Morgan fingerprint density at radius 3 is 2.48 bits per heavy atom. The summed E-state index contributed by atoms with van der Waals surface area (Å²) in [6.45, 7) is 10.8. The highest BCUT2D eigenvalue weighted by Crippen LogP contribution is 2.23. The quantitative estimate of drug-likeness (QED) is 0.796. The molecule has 2 aromatic heterocycles. The third kappa shape index (κ3) is 3.23. The van der Waals surface area contributed by atoms with E-state index in [0.29, 0.717) is 17.8 Å². The van der Waals surface area contributed by atoms with Crippen molar-refractivity contribution in [3.63, 3.8) is 0 Å². The van der Waals surface area contributed by atoms with E-state index in [0.717, 1.165) is 30.0 Å². The van der Waals surface area contributed by atoms with E-state index in [9.17, 15) is 9.59 Å². The Hall–Kier alpha value is -2.44. The number of amides is 1. The summed E-state index contributed by atoms with van der Waals surface area (Å²) in [5, 5.41) is 8.91. The number of rotatable bonds is 4. The summed E-state index contributed by atoms with van der Waals surface area (Å²) in [5.74, 6) is 0.0178. The van der Waals surface area contributed by atoms with Crippen molar-refractivity contribution in [3.8, 4) is 0 Å². The van der Waals surface area contributed by atoms with Gasteiger partial charge in [0.15, 0.2) is 5.78 Å². The second-order valence-corrected chi connectivity index (χ2v) is 6.91. The maximum Gasteiger partial charge on any atom is 0.244 e. The summed E-state index contributed by atoms with van der Waals surface area (Å²) in [5.41, 5.74) is 4.19. The van der Waals surface area contributed by atoms with Crippen LogP contribution in [0.25, 0.3) is 0 Å². The Kier molecular flexibility index (Phi) is 4.49. The van der Waals surface area contributed by atoms with Crippen LogP contribution in [0.2, 0.25) is 0 Å². The van der Waals surface area contributed by atoms with Crippen LogP contribution in [0.5, 0.6) is 0 Å². The number of aryl methyl sites for hydroxylation is 3. The van der Waals surface area contributed by atoms with Crippen LogP contribution >= 0.6 is 0 Å². The minimum absolute atomic E-state index is 0.0144. The smallest absolute Gasteiger partial charge is 0.244 e. The van der Waals surface area contributed by atoms with Gasteiger partial charge in [-0.3, -0.25) is 19.0 Å². The van der Waals surface area contributed by atoms with Gasteiger partial charge in [0.2, 0.25) is 5.91 Å². The average molecular weight is 343 g/mol. The molecule has 0 spiro atoms. The molecule has 2 aromatic rings. The predicted molar refractivity (Wildman–Crippen MR) is 93.6 cm³/mol. The largest absolute Gasteiger partial charge is 0.339 e. The molecule has 3 heterocycles. The molecule has 1 saturated heterocycles. The van der Waals surface area contributed by atoms with Crippen molar-refractivity contribution < 1.29 is 9.59 Å². The Labute approximate surface area is 147 Å². The number of carbonyl (C=O) groups excluding carboxylic acids is 2. The zero-order chi connectivity index (χ0) is 18.3. The van der Waals surface area contributed by atoms with Gasteiger partial charge in [0.25, 0.3) is 0 Å². The number of nitrogens with zero attached hydrogens (tertiary/aromatic N) is 5. The number of Topliss-reactive ketones (excluding diaryl/α,β-unsaturated/α-hetero) is 1. The number of ketones is 1. The zero-order valence-corrected chi connectivity index (χ0v) is 15.5. The molecule has 3 rings (SSSR count). The van der Waals surface area contributed by atoms with Crippen molar-refractivity contribution in [2.24, 2.45) is 0 Å². The lowest BCUT2D eigenvalue weighted by Gasteiger charge is -2.18. The molecule has 7 heteroatoms. The summed E-state index contributed by atoms with van der Waals surface area (Å²) >= 11 is 0. The van der Waals surface area contributed by atoms with Gasteiger partial charge in [-0.15, -0.1) is 0 Å². The number of hydrogen-bond acceptors (Lipinski definition) is 4. The molecule has 1 atom stereocenters. The first-order valence-electron chi connectivity index (χ1n) is 8.63. The highest BCUT2D eigenvalue weighted by molar-refractivity contribution is 5.96. The second kappa shape index (κ2) is 6.46. The second-order valence-electron chi connectivity index (χ2n) is 6.91. The van der Waals surface area contributed by atoms with Crippen molar-refractivity contribution in [3.05, 3.63) is 34.4 Å². The van der Waals surface area contributed by atoms with E-state index in [4.69, 9.17) is 0 Å². The summed E-state index contributed by atoms with van der Waals surface area (Å²) < 4.78 is 3.67. The van der Waals surface area contributed by atoms with Crippen molar-refractivity contribution in [2.75, 3.05) is 13.1 Å². The van der Waals surface area contributed by atoms with Crippen molar-refractivity contribution >= 4 is 11.7 Å². The number of carbonyl (C=O) groups is 2. The fraction of sp³-hybridized carbons (Fsp3) is 0.556. The summed E-state index contributed by atoms with van der Waals surface area (Å²) in [6.07, 6.45) is 0.906. The van der Waals surface area contributed by atoms with E-state index in [2.05, 4.69) is 16.3 Å². The van der Waals surface area contributed by atoms with Gasteiger partial charge < -0.3 is 4.90 Å². The Morgan fingerprint density at radius 1 is 1.20 bits per heavy atom. The fourth-order valence-corrected chi connectivity index (χ4v) is 3.77. The Morgan fingerprint density at radius 2 is 1.92 bits per heavy atom. The molecule has 0 radical (unpaired) electrons. The molecule has 25 heavy (non-hydrogen) atoms. The standard InChI is InChI=1S/C18H25N5O2/c1-11-8-12(2)23(19-11)16-6-7-21(9-16)17(25)10-22-14(4)18(15(5)24)13(3)20-22/h8,16H,6-7,9-10H2,1-5H3. The lowest BCUT2D eigenvalue weighted by molar-refractivity contribution is -0.131. The Bertz CT molecular complexity index is 833. The third-order valence-electron chi connectivity index (χ3n) is 4.93. The lowest BCUT2D eigenvalue weighted by atomic mass is 10.1. The van der Waals surface area contributed by atoms with Crippen molar-refractivity contribution in [2.45, 2.75) is 53.6 Å². The lowest BCUT2D eigenvalue weighted by Crippen LogP contribution is -2.33. The minimum Gasteiger partial charge on any atom is -0.339 e. The maximum atomic E-state index is 12.7. The molecule has 0 bridgehead atoms. The van der Waals surface area contributed by atoms with Crippen LogP contribution in [0, 0.1) is 27.7 Å². The van der Waals surface area contributed by atoms with Gasteiger partial charge in [0, 0.05) is 24.5 Å². The van der Waals surface area contributed by atoms with E-state index >= 15 is 0 Å². The molecular formula is C18H25N5O2. The monoisotopic (exact) mass is 343 g/mol. The van der Waals surface area contributed by atoms with Crippen molar-refractivity contribution in [1.29, 1.82) is 0 Å². The summed E-state index contributed by atoms with van der Waals surface area (Å²) in [4.78, 5) is 26.3. The average Bonchev–Trinajstić information content (AvgIpc) is 3.18. The molecule has 1 amide bonds. The molecule has 7 nitrogen and oxygen atoms in total. The predicted octanol–water partition coefficient (Wildman–Crippen LogP) is 1.99. The molecule has 134 valence electrons. The van der Waals surface area contributed by atoms with Gasteiger partial charge in [-0.2, -0.15) is 10.2 Å². The van der Waals surface area contributed by atoms with E-state index in [1.54, 1.807) is 11.6 Å².